The molecule has 0 atom stereocenters. The maximum Gasteiger partial charge on any atom is 0.415 e. The third-order valence-corrected chi connectivity index (χ3v) is 6.10. The zero-order chi connectivity index (χ0) is 24.2. The van der Waals surface area contributed by atoms with Crippen molar-refractivity contribution in [2.45, 2.75) is 20.4 Å². The Hall–Kier alpha value is -3.82. The Morgan fingerprint density at radius 2 is 1.82 bits per heavy atom. The Bertz CT molecular complexity index is 1390. The van der Waals surface area contributed by atoms with Crippen molar-refractivity contribution in [3.05, 3.63) is 88.8 Å². The molecule has 4 rings (SSSR count). The lowest BCUT2D eigenvalue weighted by atomic mass is 9.99. The molecular formula is C27H23ClFN3O2. The standard InChI is InChI=1S/C27H23ClFN3O2/c1-3-31(4-2)27(33)34-24-13-12-23-21(25(24)19-10-8-18(16-30)9-11-19)14-15-32(23)17-20-6-5-7-22(28)26(20)29/h5-15H,3-4,17H2,1-2H3. The van der Waals surface area contributed by atoms with Gasteiger partial charge < -0.3 is 14.2 Å². The smallest absolute Gasteiger partial charge is 0.410 e. The minimum atomic E-state index is -0.442. The van der Waals surface area contributed by atoms with Crippen molar-refractivity contribution >= 4 is 28.6 Å². The molecule has 3 aromatic carbocycles. The highest BCUT2D eigenvalue weighted by Gasteiger charge is 2.19. The second kappa shape index (κ2) is 9.98. The van der Waals surface area contributed by atoms with Gasteiger partial charge in [0.1, 0.15) is 11.6 Å². The second-order valence-corrected chi connectivity index (χ2v) is 8.16. The zero-order valence-electron chi connectivity index (χ0n) is 18.9. The molecule has 0 bridgehead atoms. The largest absolute Gasteiger partial charge is 0.415 e. The van der Waals surface area contributed by atoms with Crippen molar-refractivity contribution in [1.82, 2.24) is 9.47 Å². The number of nitrogens with zero attached hydrogens (tertiary/aromatic N) is 3. The maximum absolute atomic E-state index is 14.5. The van der Waals surface area contributed by atoms with Crippen LogP contribution in [-0.4, -0.2) is 28.6 Å². The average molecular weight is 476 g/mol. The van der Waals surface area contributed by atoms with Crippen LogP contribution in [-0.2, 0) is 6.54 Å². The summed E-state index contributed by atoms with van der Waals surface area (Å²) in [5.41, 5.74) is 3.39. The second-order valence-electron chi connectivity index (χ2n) is 7.76. The van der Waals surface area contributed by atoms with Crippen molar-refractivity contribution in [2.75, 3.05) is 13.1 Å². The van der Waals surface area contributed by atoms with E-state index in [2.05, 4.69) is 6.07 Å². The number of hydrogen-bond acceptors (Lipinski definition) is 3. The summed E-state index contributed by atoms with van der Waals surface area (Å²) in [7, 11) is 0. The molecule has 0 aliphatic rings. The Labute approximate surface area is 202 Å². The number of carbonyl (C=O) groups is 1. The Morgan fingerprint density at radius 1 is 1.09 bits per heavy atom. The van der Waals surface area contributed by atoms with E-state index in [1.54, 1.807) is 35.2 Å². The minimum Gasteiger partial charge on any atom is -0.410 e. The monoisotopic (exact) mass is 475 g/mol. The maximum atomic E-state index is 14.5. The Morgan fingerprint density at radius 3 is 2.50 bits per heavy atom. The number of carbonyl (C=O) groups excluding carboxylic acids is 1. The third-order valence-electron chi connectivity index (χ3n) is 5.81. The van der Waals surface area contributed by atoms with Crippen LogP contribution in [0.2, 0.25) is 5.02 Å². The first-order valence-electron chi connectivity index (χ1n) is 11.0. The predicted molar refractivity (Wildman–Crippen MR) is 132 cm³/mol. The topological polar surface area (TPSA) is 58.3 Å². The Balaban J connectivity index is 1.83. The molecule has 7 heteroatoms. The highest BCUT2D eigenvalue weighted by molar-refractivity contribution is 6.30. The van der Waals surface area contributed by atoms with Crippen LogP contribution < -0.4 is 4.74 Å². The first kappa shape index (κ1) is 23.3. The molecule has 1 heterocycles. The van der Waals surface area contributed by atoms with Crippen molar-refractivity contribution in [1.29, 1.82) is 5.26 Å². The molecule has 0 radical (unpaired) electrons. The zero-order valence-corrected chi connectivity index (χ0v) is 19.6. The fraction of sp³-hybridized carbons (Fsp3) is 0.185. The van der Waals surface area contributed by atoms with E-state index in [9.17, 15) is 14.4 Å². The number of ether oxygens (including phenoxy) is 1. The average Bonchev–Trinajstić information content (AvgIpc) is 3.25. The van der Waals surface area contributed by atoms with Crippen molar-refractivity contribution in [2.24, 2.45) is 0 Å². The van der Waals surface area contributed by atoms with Gasteiger partial charge >= 0.3 is 6.09 Å². The molecule has 0 saturated carbocycles. The summed E-state index contributed by atoms with van der Waals surface area (Å²) >= 11 is 5.96. The fourth-order valence-electron chi connectivity index (χ4n) is 3.98. The van der Waals surface area contributed by atoms with Crippen LogP contribution in [0.15, 0.2) is 66.9 Å². The molecule has 172 valence electrons. The van der Waals surface area contributed by atoms with Crippen LogP contribution in [0.5, 0.6) is 5.75 Å². The molecule has 0 fully saturated rings. The number of hydrogen-bond donors (Lipinski definition) is 0. The van der Waals surface area contributed by atoms with Gasteiger partial charge in [-0.15, -0.1) is 0 Å². The van der Waals surface area contributed by atoms with E-state index < -0.39 is 11.9 Å². The van der Waals surface area contributed by atoms with E-state index in [0.717, 1.165) is 22.0 Å². The van der Waals surface area contributed by atoms with Gasteiger partial charge in [-0.25, -0.2) is 9.18 Å². The summed E-state index contributed by atoms with van der Waals surface area (Å²) in [5, 5.41) is 10.1. The van der Waals surface area contributed by atoms with Gasteiger partial charge in [-0.3, -0.25) is 0 Å². The number of rotatable bonds is 6. The van der Waals surface area contributed by atoms with Gasteiger partial charge in [0.05, 0.1) is 23.2 Å². The number of benzene rings is 3. The number of amides is 1. The highest BCUT2D eigenvalue weighted by Crippen LogP contribution is 2.38. The lowest BCUT2D eigenvalue weighted by Gasteiger charge is -2.20. The van der Waals surface area contributed by atoms with E-state index >= 15 is 0 Å². The summed E-state index contributed by atoms with van der Waals surface area (Å²) < 4.78 is 22.3. The van der Waals surface area contributed by atoms with Crippen LogP contribution in [0.4, 0.5) is 9.18 Å². The SMILES string of the molecule is CCN(CC)C(=O)Oc1ccc2c(ccn2Cc2cccc(Cl)c2F)c1-c1ccc(C#N)cc1. The third kappa shape index (κ3) is 4.48. The molecule has 4 aromatic rings. The van der Waals surface area contributed by atoms with Crippen LogP contribution in [0.25, 0.3) is 22.0 Å². The minimum absolute atomic E-state index is 0.0813. The Kier molecular flexibility index (Phi) is 6.85. The molecule has 0 spiro atoms. The van der Waals surface area contributed by atoms with E-state index in [1.807, 2.05) is 48.9 Å². The van der Waals surface area contributed by atoms with Gasteiger partial charge in [0.15, 0.2) is 0 Å². The van der Waals surface area contributed by atoms with Gasteiger partial charge in [-0.05, 0) is 55.8 Å². The first-order valence-corrected chi connectivity index (χ1v) is 11.4. The number of nitriles is 1. The normalized spacial score (nSPS) is 10.8. The van der Waals surface area contributed by atoms with Gasteiger partial charge in [0, 0.05) is 41.3 Å². The molecule has 34 heavy (non-hydrogen) atoms. The fourth-order valence-corrected chi connectivity index (χ4v) is 4.17. The van der Waals surface area contributed by atoms with E-state index in [1.165, 1.54) is 6.07 Å². The molecule has 1 amide bonds. The molecule has 5 nitrogen and oxygen atoms in total. The summed E-state index contributed by atoms with van der Waals surface area (Å²) in [6.07, 6.45) is 1.44. The van der Waals surface area contributed by atoms with Crippen molar-refractivity contribution in [3.8, 4) is 22.9 Å². The van der Waals surface area contributed by atoms with Crippen LogP contribution in [0.3, 0.4) is 0 Å². The van der Waals surface area contributed by atoms with Gasteiger partial charge in [-0.1, -0.05) is 35.9 Å². The molecule has 0 saturated heterocycles. The van der Waals surface area contributed by atoms with Gasteiger partial charge in [-0.2, -0.15) is 5.26 Å². The molecule has 1 aromatic heterocycles. The summed E-state index contributed by atoms with van der Waals surface area (Å²) in [6.45, 7) is 5.15. The van der Waals surface area contributed by atoms with Crippen molar-refractivity contribution < 1.29 is 13.9 Å². The van der Waals surface area contributed by atoms with Crippen LogP contribution in [0, 0.1) is 17.1 Å². The molecular weight excluding hydrogens is 453 g/mol. The number of aromatic nitrogens is 1. The highest BCUT2D eigenvalue weighted by atomic mass is 35.5. The first-order chi connectivity index (χ1) is 16.5. The molecule has 0 aliphatic carbocycles. The van der Waals surface area contributed by atoms with Crippen molar-refractivity contribution in [3.63, 3.8) is 0 Å². The van der Waals surface area contributed by atoms with Crippen LogP contribution >= 0.6 is 11.6 Å². The molecule has 0 unspecified atom stereocenters. The summed E-state index contributed by atoms with van der Waals surface area (Å²) in [5.74, 6) is -0.0242. The predicted octanol–water partition coefficient (Wildman–Crippen LogP) is 6.86. The number of halogens is 2. The van der Waals surface area contributed by atoms with E-state index in [0.29, 0.717) is 36.5 Å². The lowest BCUT2D eigenvalue weighted by Crippen LogP contribution is -2.33. The van der Waals surface area contributed by atoms with Gasteiger partial charge in [0.25, 0.3) is 0 Å². The van der Waals surface area contributed by atoms with E-state index in [-0.39, 0.29) is 5.02 Å². The summed E-state index contributed by atoms with van der Waals surface area (Å²) in [4.78, 5) is 14.3. The quantitative estimate of drug-likeness (QED) is 0.306. The number of fused-ring (bicyclic) bond motifs is 1. The lowest BCUT2D eigenvalue weighted by molar-refractivity contribution is 0.157. The van der Waals surface area contributed by atoms with Gasteiger partial charge in [0.2, 0.25) is 0 Å². The summed E-state index contributed by atoms with van der Waals surface area (Å²) in [6, 6.07) is 19.7. The van der Waals surface area contributed by atoms with Crippen LogP contribution in [0.1, 0.15) is 25.0 Å². The van der Waals surface area contributed by atoms with E-state index in [4.69, 9.17) is 16.3 Å². The molecule has 0 N–H and O–H groups in total. The molecule has 0 aliphatic heterocycles.